The molecule has 28 heavy (non-hydrogen) atoms. The Bertz CT molecular complexity index is 875. The Morgan fingerprint density at radius 1 is 0.607 bits per heavy atom. The van der Waals surface area contributed by atoms with Crippen molar-refractivity contribution in [2.45, 2.75) is 6.42 Å². The quantitative estimate of drug-likeness (QED) is 0.205. The third-order valence-electron chi connectivity index (χ3n) is 3.91. The van der Waals surface area contributed by atoms with Crippen molar-refractivity contribution in [3.8, 4) is 0 Å². The summed E-state index contributed by atoms with van der Waals surface area (Å²) in [5.74, 6) is -8.78. The third kappa shape index (κ3) is 4.03. The Labute approximate surface area is 163 Å². The van der Waals surface area contributed by atoms with Crippen LogP contribution in [0.5, 0.6) is 0 Å². The molecule has 1 aromatic rings. The molecule has 0 aliphatic heterocycles. The molecule has 0 heterocycles. The van der Waals surface area contributed by atoms with E-state index in [4.69, 9.17) is 34.4 Å². The van der Waals surface area contributed by atoms with Crippen LogP contribution in [0.1, 0.15) is 57.4 Å². The molecule has 0 saturated heterocycles. The normalized spacial score (nSPS) is 11.5. The summed E-state index contributed by atoms with van der Waals surface area (Å²) in [5.41, 5.74) is 27.2. The predicted molar refractivity (Wildman–Crippen MR) is 99.3 cm³/mol. The summed E-state index contributed by atoms with van der Waals surface area (Å²) >= 11 is 3.95. The van der Waals surface area contributed by atoms with Crippen molar-refractivity contribution in [1.29, 1.82) is 0 Å². The van der Waals surface area contributed by atoms with Crippen molar-refractivity contribution in [1.82, 2.24) is 0 Å². The number of hydrogen-bond donors (Lipinski definition) is 7. The maximum Gasteiger partial charge on any atom is 0.250 e. The lowest BCUT2D eigenvalue weighted by molar-refractivity contribution is -0.121. The topological polar surface area (TPSA) is 259 Å². The second kappa shape index (κ2) is 8.39. The average molecular weight is 410 g/mol. The van der Waals surface area contributed by atoms with Gasteiger partial charge in [0.25, 0.3) is 0 Å². The Morgan fingerprint density at radius 2 is 0.893 bits per heavy atom. The van der Waals surface area contributed by atoms with E-state index < -0.39 is 81.2 Å². The van der Waals surface area contributed by atoms with Gasteiger partial charge in [0.1, 0.15) is 0 Å². The molecule has 13 heteroatoms. The number of rotatable bonds is 9. The number of carbonyl (C=O) groups is 6. The lowest BCUT2D eigenvalue weighted by Gasteiger charge is -2.22. The second-order valence-corrected chi connectivity index (χ2v) is 6.03. The number of thiol groups is 1. The Balaban J connectivity index is 4.33. The Hall–Kier alpha value is -3.61. The highest BCUT2D eigenvalue weighted by molar-refractivity contribution is 7.80. The van der Waals surface area contributed by atoms with E-state index in [-0.39, 0.29) is 5.75 Å². The zero-order chi connectivity index (χ0) is 21.9. The van der Waals surface area contributed by atoms with E-state index in [9.17, 15) is 28.8 Å². The molecule has 1 rings (SSSR count). The second-order valence-electron chi connectivity index (χ2n) is 5.66. The molecule has 1 unspecified atom stereocenters. The van der Waals surface area contributed by atoms with Crippen LogP contribution in [0, 0.1) is 5.92 Å². The van der Waals surface area contributed by atoms with Gasteiger partial charge in [0.2, 0.25) is 35.4 Å². The van der Waals surface area contributed by atoms with E-state index in [0.29, 0.717) is 0 Å². The summed E-state index contributed by atoms with van der Waals surface area (Å²) in [5, 5.41) is 0. The van der Waals surface area contributed by atoms with Crippen molar-refractivity contribution >= 4 is 48.1 Å². The minimum Gasteiger partial charge on any atom is -0.369 e. The largest absolute Gasteiger partial charge is 0.369 e. The molecule has 1 aromatic carbocycles. The number of primary amides is 6. The van der Waals surface area contributed by atoms with Gasteiger partial charge in [-0.05, 0) is 12.0 Å². The van der Waals surface area contributed by atoms with Gasteiger partial charge in [-0.25, -0.2) is 0 Å². The molecular formula is C15H18N6O6S. The number of nitrogens with two attached hydrogens (primary N) is 6. The van der Waals surface area contributed by atoms with Crippen LogP contribution < -0.4 is 34.4 Å². The van der Waals surface area contributed by atoms with Gasteiger partial charge in [-0.3, -0.25) is 28.8 Å². The molecular weight excluding hydrogens is 392 g/mol. The number of amides is 6. The van der Waals surface area contributed by atoms with E-state index in [1.54, 1.807) is 0 Å². The molecule has 0 aliphatic carbocycles. The molecule has 0 bridgehead atoms. The summed E-state index contributed by atoms with van der Waals surface area (Å²) in [6.07, 6.45) is -0.477. The van der Waals surface area contributed by atoms with Crippen LogP contribution in [0.4, 0.5) is 0 Å². The van der Waals surface area contributed by atoms with Gasteiger partial charge in [-0.2, -0.15) is 12.6 Å². The molecule has 1 atom stereocenters. The Kier molecular flexibility index (Phi) is 6.72. The van der Waals surface area contributed by atoms with Gasteiger partial charge < -0.3 is 34.4 Å². The molecule has 12 N–H and O–H groups in total. The number of benzene rings is 1. The smallest absolute Gasteiger partial charge is 0.250 e. The van der Waals surface area contributed by atoms with E-state index in [1.165, 1.54) is 0 Å². The summed E-state index contributed by atoms with van der Waals surface area (Å²) < 4.78 is 0. The van der Waals surface area contributed by atoms with Gasteiger partial charge >= 0.3 is 0 Å². The van der Waals surface area contributed by atoms with Crippen molar-refractivity contribution < 1.29 is 28.8 Å². The summed E-state index contributed by atoms with van der Waals surface area (Å²) in [4.78, 5) is 71.6. The SMILES string of the molecule is NC(=O)c1c(CC(CS)C(N)=O)c(C(N)=O)c(C(N)=O)c(C(N)=O)c1C(N)=O. The molecule has 0 aliphatic rings. The maximum absolute atomic E-state index is 12.1. The van der Waals surface area contributed by atoms with Crippen LogP contribution in [0.2, 0.25) is 0 Å². The molecule has 0 aromatic heterocycles. The monoisotopic (exact) mass is 410 g/mol. The number of hydrogen-bond acceptors (Lipinski definition) is 7. The molecule has 6 amide bonds. The predicted octanol–water partition coefficient (Wildman–Crippen LogP) is -3.25. The van der Waals surface area contributed by atoms with Gasteiger partial charge in [0.05, 0.1) is 33.7 Å². The van der Waals surface area contributed by atoms with Gasteiger partial charge in [-0.15, -0.1) is 0 Å². The molecule has 0 saturated carbocycles. The minimum atomic E-state index is -1.39. The number of carbonyl (C=O) groups excluding carboxylic acids is 6. The van der Waals surface area contributed by atoms with Gasteiger partial charge in [0.15, 0.2) is 0 Å². The molecule has 0 radical (unpaired) electrons. The average Bonchev–Trinajstić information content (AvgIpc) is 2.56. The summed E-state index contributed by atoms with van der Waals surface area (Å²) in [7, 11) is 0. The zero-order valence-electron chi connectivity index (χ0n) is 14.4. The fraction of sp³-hybridized carbons (Fsp3) is 0.200. The van der Waals surface area contributed by atoms with Crippen LogP contribution in [0.15, 0.2) is 0 Å². The van der Waals surface area contributed by atoms with Crippen molar-refractivity contribution in [3.05, 3.63) is 33.4 Å². The summed E-state index contributed by atoms with van der Waals surface area (Å²) in [6.45, 7) is 0. The molecule has 0 fully saturated rings. The zero-order valence-corrected chi connectivity index (χ0v) is 15.2. The van der Waals surface area contributed by atoms with E-state index in [2.05, 4.69) is 12.6 Å². The van der Waals surface area contributed by atoms with Gasteiger partial charge in [-0.1, -0.05) is 0 Å². The first kappa shape index (κ1) is 22.4. The first-order valence-electron chi connectivity index (χ1n) is 7.48. The molecule has 12 nitrogen and oxygen atoms in total. The first-order valence-corrected chi connectivity index (χ1v) is 8.11. The fourth-order valence-corrected chi connectivity index (χ4v) is 3.10. The van der Waals surface area contributed by atoms with Crippen LogP contribution in [0.25, 0.3) is 0 Å². The third-order valence-corrected chi connectivity index (χ3v) is 4.35. The lowest BCUT2D eigenvalue weighted by Crippen LogP contribution is -2.36. The highest BCUT2D eigenvalue weighted by Crippen LogP contribution is 2.30. The highest BCUT2D eigenvalue weighted by Gasteiger charge is 2.36. The van der Waals surface area contributed by atoms with E-state index in [0.717, 1.165) is 0 Å². The minimum absolute atomic E-state index is 0.138. The fourth-order valence-electron chi connectivity index (χ4n) is 2.79. The highest BCUT2D eigenvalue weighted by atomic mass is 32.1. The van der Waals surface area contributed by atoms with Crippen LogP contribution in [-0.2, 0) is 11.2 Å². The standard InChI is InChI=1S/C15H18N6O6S/c16-10(22)3(2-28)1-4-5(11(17)23)7(13(19)25)9(15(21)27)8(14(20)26)6(4)12(18)24/h3,28H,1-2H2,(H2,16,22)(H2,17,23)(H2,18,24)(H2,19,25)(H2,20,26)(H2,21,27). The maximum atomic E-state index is 12.1. The Morgan fingerprint density at radius 3 is 1.11 bits per heavy atom. The first-order chi connectivity index (χ1) is 12.9. The van der Waals surface area contributed by atoms with Crippen molar-refractivity contribution in [3.63, 3.8) is 0 Å². The van der Waals surface area contributed by atoms with Gasteiger partial charge in [0, 0.05) is 5.75 Å². The van der Waals surface area contributed by atoms with E-state index >= 15 is 0 Å². The lowest BCUT2D eigenvalue weighted by atomic mass is 9.81. The van der Waals surface area contributed by atoms with E-state index in [1.807, 2.05) is 0 Å². The summed E-state index contributed by atoms with van der Waals surface area (Å²) in [6, 6.07) is 0. The van der Waals surface area contributed by atoms with Crippen molar-refractivity contribution in [2.75, 3.05) is 5.75 Å². The molecule has 150 valence electrons. The van der Waals surface area contributed by atoms with Crippen LogP contribution in [-0.4, -0.2) is 41.2 Å². The van der Waals surface area contributed by atoms with Crippen LogP contribution in [0.3, 0.4) is 0 Å². The molecule has 0 spiro atoms. The van der Waals surface area contributed by atoms with Crippen LogP contribution >= 0.6 is 12.6 Å². The van der Waals surface area contributed by atoms with Crippen molar-refractivity contribution in [2.24, 2.45) is 40.3 Å².